The van der Waals surface area contributed by atoms with Gasteiger partial charge in [-0.2, -0.15) is 0 Å². The lowest BCUT2D eigenvalue weighted by molar-refractivity contribution is 0.0470. The van der Waals surface area contributed by atoms with Crippen molar-refractivity contribution < 1.29 is 0 Å². The molecule has 3 saturated heterocycles. The second kappa shape index (κ2) is 6.91. The Morgan fingerprint density at radius 3 is 2.48 bits per heavy atom. The SMILES string of the molecule is Cc1cccc(-c2ccc(C3[C@@H]4CN(Cc5cccnc5)C[C@H]3N4)cc2)c1. The summed E-state index contributed by atoms with van der Waals surface area (Å²) in [6.07, 6.45) is 3.82. The van der Waals surface area contributed by atoms with E-state index in [1.54, 1.807) is 0 Å². The van der Waals surface area contributed by atoms with Crippen molar-refractivity contribution in [2.24, 2.45) is 0 Å². The summed E-state index contributed by atoms with van der Waals surface area (Å²) in [4.78, 5) is 6.80. The molecule has 1 aromatic heterocycles. The van der Waals surface area contributed by atoms with Crippen LogP contribution in [0.3, 0.4) is 0 Å². The zero-order valence-corrected chi connectivity index (χ0v) is 15.7. The van der Waals surface area contributed by atoms with Gasteiger partial charge in [-0.05, 0) is 35.2 Å². The highest BCUT2D eigenvalue weighted by molar-refractivity contribution is 5.64. The van der Waals surface area contributed by atoms with Crippen LogP contribution in [0.15, 0.2) is 73.1 Å². The van der Waals surface area contributed by atoms with E-state index in [0.29, 0.717) is 18.0 Å². The van der Waals surface area contributed by atoms with Crippen molar-refractivity contribution in [3.05, 3.63) is 89.7 Å². The van der Waals surface area contributed by atoms with E-state index in [-0.39, 0.29) is 0 Å². The lowest BCUT2D eigenvalue weighted by atomic mass is 9.74. The van der Waals surface area contributed by atoms with Gasteiger partial charge in [0.25, 0.3) is 0 Å². The molecule has 3 nitrogen and oxygen atoms in total. The van der Waals surface area contributed by atoms with Crippen LogP contribution in [0.25, 0.3) is 11.1 Å². The Bertz CT molecular complexity index is 908. The topological polar surface area (TPSA) is 28.2 Å². The minimum absolute atomic E-state index is 0.560. The zero-order chi connectivity index (χ0) is 18.2. The maximum absolute atomic E-state index is 4.24. The molecule has 2 bridgehead atoms. The van der Waals surface area contributed by atoms with Gasteiger partial charge in [-0.3, -0.25) is 9.88 Å². The summed E-state index contributed by atoms with van der Waals surface area (Å²) < 4.78 is 0. The van der Waals surface area contributed by atoms with E-state index < -0.39 is 0 Å². The van der Waals surface area contributed by atoms with Gasteiger partial charge >= 0.3 is 0 Å². The van der Waals surface area contributed by atoms with Gasteiger partial charge in [0.15, 0.2) is 0 Å². The molecule has 0 aliphatic carbocycles. The number of hydrogen-bond acceptors (Lipinski definition) is 3. The van der Waals surface area contributed by atoms with Gasteiger partial charge in [0, 0.05) is 50.0 Å². The Labute approximate surface area is 161 Å². The number of aryl methyl sites for hydroxylation is 1. The van der Waals surface area contributed by atoms with Crippen LogP contribution in [0.1, 0.15) is 22.6 Å². The average Bonchev–Trinajstić information content (AvgIpc) is 2.69. The average molecular weight is 355 g/mol. The summed E-state index contributed by atoms with van der Waals surface area (Å²) in [6.45, 7) is 5.36. The first-order chi connectivity index (χ1) is 13.3. The molecule has 27 heavy (non-hydrogen) atoms. The molecule has 4 heterocycles. The van der Waals surface area contributed by atoms with Crippen molar-refractivity contribution in [1.82, 2.24) is 15.2 Å². The molecule has 2 aromatic carbocycles. The predicted octanol–water partition coefficient (Wildman–Crippen LogP) is 4.00. The van der Waals surface area contributed by atoms with Gasteiger partial charge in [0.05, 0.1) is 0 Å². The van der Waals surface area contributed by atoms with Crippen LogP contribution in [-0.4, -0.2) is 35.1 Å². The lowest BCUT2D eigenvalue weighted by Crippen LogP contribution is -2.71. The number of pyridine rings is 1. The highest BCUT2D eigenvalue weighted by atomic mass is 15.3. The van der Waals surface area contributed by atoms with Crippen molar-refractivity contribution in [2.45, 2.75) is 31.5 Å². The van der Waals surface area contributed by atoms with E-state index >= 15 is 0 Å². The minimum Gasteiger partial charge on any atom is -0.307 e. The number of fused-ring (bicyclic) bond motifs is 2. The van der Waals surface area contributed by atoms with Crippen LogP contribution < -0.4 is 5.32 Å². The van der Waals surface area contributed by atoms with E-state index in [2.05, 4.69) is 76.7 Å². The third-order valence-electron chi connectivity index (χ3n) is 5.98. The maximum Gasteiger partial charge on any atom is 0.0312 e. The highest BCUT2D eigenvalue weighted by Gasteiger charge is 2.46. The summed E-state index contributed by atoms with van der Waals surface area (Å²) in [7, 11) is 0. The first-order valence-corrected chi connectivity index (χ1v) is 9.80. The molecule has 1 N–H and O–H groups in total. The van der Waals surface area contributed by atoms with Crippen molar-refractivity contribution >= 4 is 0 Å². The molecule has 0 amide bonds. The van der Waals surface area contributed by atoms with E-state index in [1.165, 1.54) is 27.8 Å². The first kappa shape index (κ1) is 16.7. The molecule has 1 unspecified atom stereocenters. The summed E-state index contributed by atoms with van der Waals surface area (Å²) in [5, 5.41) is 3.74. The fourth-order valence-electron chi connectivity index (χ4n) is 4.67. The Morgan fingerprint density at radius 1 is 0.963 bits per heavy atom. The highest BCUT2D eigenvalue weighted by Crippen LogP contribution is 2.37. The van der Waals surface area contributed by atoms with Crippen molar-refractivity contribution in [3.63, 3.8) is 0 Å². The van der Waals surface area contributed by atoms with E-state index in [1.807, 2.05) is 18.5 Å². The fraction of sp³-hybridized carbons (Fsp3) is 0.292. The number of piperazine rings is 1. The smallest absolute Gasteiger partial charge is 0.0312 e. The Hall–Kier alpha value is -2.49. The molecule has 0 saturated carbocycles. The van der Waals surface area contributed by atoms with Gasteiger partial charge in [-0.25, -0.2) is 0 Å². The fourth-order valence-corrected chi connectivity index (χ4v) is 4.67. The predicted molar refractivity (Wildman–Crippen MR) is 110 cm³/mol. The molecule has 136 valence electrons. The molecule has 0 radical (unpaired) electrons. The maximum atomic E-state index is 4.24. The summed E-state index contributed by atoms with van der Waals surface area (Å²) in [6, 6.07) is 23.3. The van der Waals surface area contributed by atoms with Gasteiger partial charge in [0.1, 0.15) is 0 Å². The molecule has 6 rings (SSSR count). The molecule has 3 aliphatic heterocycles. The van der Waals surface area contributed by atoms with E-state index in [0.717, 1.165) is 19.6 Å². The second-order valence-electron chi connectivity index (χ2n) is 7.95. The van der Waals surface area contributed by atoms with Crippen LogP contribution in [0.4, 0.5) is 0 Å². The second-order valence-corrected chi connectivity index (χ2v) is 7.95. The lowest BCUT2D eigenvalue weighted by Gasteiger charge is -2.55. The first-order valence-electron chi connectivity index (χ1n) is 9.80. The summed E-state index contributed by atoms with van der Waals surface area (Å²) in [5.74, 6) is 0.640. The van der Waals surface area contributed by atoms with Crippen LogP contribution in [0.2, 0.25) is 0 Å². The molecule has 3 heteroatoms. The Morgan fingerprint density at radius 2 is 1.78 bits per heavy atom. The Kier molecular flexibility index (Phi) is 4.27. The standard InChI is InChI=1S/C24H25N3/c1-17-4-2-6-21(12-17)19-7-9-20(10-8-19)24-22-15-27(16-23(24)26-22)14-18-5-3-11-25-13-18/h2-13,22-24,26H,14-16H2,1H3/t22-,23+,24?. The minimum atomic E-state index is 0.560. The van der Waals surface area contributed by atoms with Crippen molar-refractivity contribution in [3.8, 4) is 11.1 Å². The number of piperidine rings is 1. The molecular weight excluding hydrogens is 330 g/mol. The van der Waals surface area contributed by atoms with Crippen LogP contribution in [0, 0.1) is 6.92 Å². The monoisotopic (exact) mass is 355 g/mol. The number of rotatable bonds is 4. The van der Waals surface area contributed by atoms with E-state index in [4.69, 9.17) is 0 Å². The number of hydrogen-bond donors (Lipinski definition) is 1. The number of aromatic nitrogens is 1. The number of nitrogens with one attached hydrogen (secondary N) is 1. The quantitative estimate of drug-likeness (QED) is 0.767. The third-order valence-corrected chi connectivity index (χ3v) is 5.98. The van der Waals surface area contributed by atoms with Crippen LogP contribution in [-0.2, 0) is 6.54 Å². The van der Waals surface area contributed by atoms with Crippen LogP contribution >= 0.6 is 0 Å². The normalized spacial score (nSPS) is 24.4. The molecule has 3 atom stereocenters. The van der Waals surface area contributed by atoms with Crippen molar-refractivity contribution in [1.29, 1.82) is 0 Å². The molecule has 3 fully saturated rings. The number of benzene rings is 2. The van der Waals surface area contributed by atoms with Crippen molar-refractivity contribution in [2.75, 3.05) is 13.1 Å². The zero-order valence-electron chi connectivity index (χ0n) is 15.7. The largest absolute Gasteiger partial charge is 0.307 e. The Balaban J connectivity index is 1.27. The van der Waals surface area contributed by atoms with Gasteiger partial charge in [0.2, 0.25) is 0 Å². The summed E-state index contributed by atoms with van der Waals surface area (Å²) >= 11 is 0. The van der Waals surface area contributed by atoms with Crippen LogP contribution in [0.5, 0.6) is 0 Å². The third kappa shape index (κ3) is 3.29. The molecule has 3 aliphatic rings. The van der Waals surface area contributed by atoms with Gasteiger partial charge in [-0.15, -0.1) is 0 Å². The number of nitrogens with zero attached hydrogens (tertiary/aromatic N) is 2. The molecule has 0 spiro atoms. The van der Waals surface area contributed by atoms with E-state index in [9.17, 15) is 0 Å². The molecule has 3 aromatic rings. The van der Waals surface area contributed by atoms with Gasteiger partial charge in [-0.1, -0.05) is 60.2 Å². The van der Waals surface area contributed by atoms with Gasteiger partial charge < -0.3 is 5.32 Å². The molecular formula is C24H25N3. The summed E-state index contributed by atoms with van der Waals surface area (Å²) in [5.41, 5.74) is 6.69.